The van der Waals surface area contributed by atoms with E-state index in [-0.39, 0.29) is 11.7 Å². The molecule has 1 atom stereocenters. The topological polar surface area (TPSA) is 50.4 Å². The second-order valence-corrected chi connectivity index (χ2v) is 5.81. The lowest BCUT2D eigenvalue weighted by Crippen LogP contribution is -2.34. The van der Waals surface area contributed by atoms with Gasteiger partial charge < -0.3 is 15.4 Å². The minimum absolute atomic E-state index is 0.174. The first-order valence-corrected chi connectivity index (χ1v) is 7.73. The van der Waals surface area contributed by atoms with Crippen molar-refractivity contribution in [3.8, 4) is 5.75 Å². The number of rotatable bonds is 5. The van der Waals surface area contributed by atoms with Crippen molar-refractivity contribution in [3.05, 3.63) is 59.7 Å². The molecule has 1 unspecified atom stereocenters. The van der Waals surface area contributed by atoms with E-state index in [2.05, 4.69) is 10.6 Å². The molecule has 2 amide bonds. The molecule has 0 radical (unpaired) electrons. The summed E-state index contributed by atoms with van der Waals surface area (Å²) in [5.74, 6) is -0.208. The third kappa shape index (κ3) is 3.82. The Morgan fingerprint density at radius 1 is 1.17 bits per heavy atom. The summed E-state index contributed by atoms with van der Waals surface area (Å²) in [7, 11) is 1.59. The zero-order valence-electron chi connectivity index (χ0n) is 13.2. The number of halogens is 2. The van der Waals surface area contributed by atoms with Crippen LogP contribution in [0.4, 0.5) is 19.3 Å². The molecule has 0 heterocycles. The number of urea groups is 1. The molecule has 6 heteroatoms. The van der Waals surface area contributed by atoms with Crippen LogP contribution in [0.5, 0.6) is 5.75 Å². The maximum absolute atomic E-state index is 13.6. The Labute approximate surface area is 138 Å². The molecule has 3 rings (SSSR count). The van der Waals surface area contributed by atoms with Crippen molar-refractivity contribution in [1.82, 2.24) is 5.32 Å². The molecule has 0 saturated heterocycles. The molecule has 2 aromatic rings. The molecule has 0 aromatic heterocycles. The van der Waals surface area contributed by atoms with Crippen molar-refractivity contribution in [2.45, 2.75) is 18.9 Å². The number of carbonyl (C=O) groups is 1. The van der Waals surface area contributed by atoms with Gasteiger partial charge in [0.15, 0.2) is 0 Å². The summed E-state index contributed by atoms with van der Waals surface area (Å²) in [4.78, 5) is 12.2. The summed E-state index contributed by atoms with van der Waals surface area (Å²) in [6.07, 6.45) is 2.04. The van der Waals surface area contributed by atoms with Crippen LogP contribution in [0.25, 0.3) is 0 Å². The fraction of sp³-hybridized carbons (Fsp3) is 0.278. The van der Waals surface area contributed by atoms with Crippen LogP contribution in [0.3, 0.4) is 0 Å². The standard InChI is InChI=1S/C18H18F2N2O2/c1-24-14-7-4-12(5-8-14)17(11-2-3-11)22-18(23)21-16-10-13(19)6-9-15(16)20/h4-11,17H,2-3H2,1H3,(H2,21,22,23). The highest BCUT2D eigenvalue weighted by atomic mass is 19.1. The van der Waals surface area contributed by atoms with Crippen molar-refractivity contribution in [2.24, 2.45) is 5.92 Å². The largest absolute Gasteiger partial charge is 0.497 e. The second kappa shape index (κ2) is 6.86. The SMILES string of the molecule is COc1ccc(C(NC(=O)Nc2cc(F)ccc2F)C2CC2)cc1. The lowest BCUT2D eigenvalue weighted by Gasteiger charge is -2.19. The minimum Gasteiger partial charge on any atom is -0.497 e. The Morgan fingerprint density at radius 3 is 2.50 bits per heavy atom. The van der Waals surface area contributed by atoms with Crippen LogP contribution in [0.1, 0.15) is 24.4 Å². The highest BCUT2D eigenvalue weighted by molar-refractivity contribution is 5.89. The van der Waals surface area contributed by atoms with Crippen molar-refractivity contribution in [1.29, 1.82) is 0 Å². The van der Waals surface area contributed by atoms with E-state index in [0.29, 0.717) is 5.92 Å². The van der Waals surface area contributed by atoms with Crippen molar-refractivity contribution in [3.63, 3.8) is 0 Å². The van der Waals surface area contributed by atoms with Gasteiger partial charge in [0.25, 0.3) is 0 Å². The Hall–Kier alpha value is -2.63. The lowest BCUT2D eigenvalue weighted by molar-refractivity contribution is 0.247. The number of nitrogens with one attached hydrogen (secondary N) is 2. The summed E-state index contributed by atoms with van der Waals surface area (Å²) in [6, 6.07) is 9.65. The number of anilines is 1. The Kier molecular flexibility index (Phi) is 4.64. The number of ether oxygens (including phenoxy) is 1. The van der Waals surface area contributed by atoms with Gasteiger partial charge in [0.2, 0.25) is 0 Å². The van der Waals surface area contributed by atoms with E-state index in [1.54, 1.807) is 7.11 Å². The van der Waals surface area contributed by atoms with E-state index in [9.17, 15) is 13.6 Å². The summed E-state index contributed by atoms with van der Waals surface area (Å²) in [6.45, 7) is 0. The van der Waals surface area contributed by atoms with Gasteiger partial charge in [-0.2, -0.15) is 0 Å². The van der Waals surface area contributed by atoms with E-state index < -0.39 is 17.7 Å². The van der Waals surface area contributed by atoms with Crippen molar-refractivity contribution in [2.75, 3.05) is 12.4 Å². The van der Waals surface area contributed by atoms with Gasteiger partial charge in [0, 0.05) is 6.07 Å². The molecule has 0 bridgehead atoms. The van der Waals surface area contributed by atoms with Crippen molar-refractivity contribution >= 4 is 11.7 Å². The first-order chi connectivity index (χ1) is 11.6. The molecule has 1 aliphatic rings. The average Bonchev–Trinajstić information content (AvgIpc) is 3.41. The third-order valence-electron chi connectivity index (χ3n) is 4.03. The maximum Gasteiger partial charge on any atom is 0.319 e. The summed E-state index contributed by atoms with van der Waals surface area (Å²) >= 11 is 0. The normalized spacial score (nSPS) is 14.8. The summed E-state index contributed by atoms with van der Waals surface area (Å²) in [5.41, 5.74) is 0.768. The predicted molar refractivity (Wildman–Crippen MR) is 87.0 cm³/mol. The number of benzene rings is 2. The highest BCUT2D eigenvalue weighted by Gasteiger charge is 2.33. The molecular weight excluding hydrogens is 314 g/mol. The number of hydrogen-bond donors (Lipinski definition) is 2. The van der Waals surface area contributed by atoms with Crippen LogP contribution in [0.2, 0.25) is 0 Å². The molecule has 1 fully saturated rings. The molecule has 1 saturated carbocycles. The molecular formula is C18H18F2N2O2. The summed E-state index contributed by atoms with van der Waals surface area (Å²) < 4.78 is 31.9. The van der Waals surface area contributed by atoms with E-state index >= 15 is 0 Å². The van der Waals surface area contributed by atoms with E-state index in [4.69, 9.17) is 4.74 Å². The fourth-order valence-electron chi connectivity index (χ4n) is 2.61. The van der Waals surface area contributed by atoms with Gasteiger partial charge in [0.05, 0.1) is 18.8 Å². The molecule has 2 N–H and O–H groups in total. The van der Waals surface area contributed by atoms with Crippen LogP contribution >= 0.6 is 0 Å². The Morgan fingerprint density at radius 2 is 1.88 bits per heavy atom. The smallest absolute Gasteiger partial charge is 0.319 e. The minimum atomic E-state index is -0.682. The lowest BCUT2D eigenvalue weighted by atomic mass is 10.0. The fourth-order valence-corrected chi connectivity index (χ4v) is 2.61. The number of amides is 2. The zero-order chi connectivity index (χ0) is 17.1. The molecule has 24 heavy (non-hydrogen) atoms. The first kappa shape index (κ1) is 16.2. The molecule has 0 aliphatic heterocycles. The van der Waals surface area contributed by atoms with Gasteiger partial charge in [-0.1, -0.05) is 12.1 Å². The third-order valence-corrected chi connectivity index (χ3v) is 4.03. The van der Waals surface area contributed by atoms with Crippen LogP contribution in [0, 0.1) is 17.6 Å². The second-order valence-electron chi connectivity index (χ2n) is 5.81. The van der Waals surface area contributed by atoms with Crippen LogP contribution < -0.4 is 15.4 Å². The molecule has 0 spiro atoms. The van der Waals surface area contributed by atoms with Gasteiger partial charge in [-0.15, -0.1) is 0 Å². The van der Waals surface area contributed by atoms with E-state index in [1.807, 2.05) is 24.3 Å². The highest BCUT2D eigenvalue weighted by Crippen LogP contribution is 2.41. The van der Waals surface area contributed by atoms with Gasteiger partial charge in [-0.3, -0.25) is 0 Å². The number of methoxy groups -OCH3 is 1. The maximum atomic E-state index is 13.6. The van der Waals surface area contributed by atoms with Gasteiger partial charge in [0.1, 0.15) is 17.4 Å². The van der Waals surface area contributed by atoms with E-state index in [0.717, 1.165) is 42.4 Å². The quantitative estimate of drug-likeness (QED) is 0.860. The summed E-state index contributed by atoms with van der Waals surface area (Å²) in [5, 5.41) is 5.21. The van der Waals surface area contributed by atoms with Gasteiger partial charge in [-0.25, -0.2) is 13.6 Å². The zero-order valence-corrected chi connectivity index (χ0v) is 13.2. The molecule has 1 aliphatic carbocycles. The van der Waals surface area contributed by atoms with Crippen LogP contribution in [-0.4, -0.2) is 13.1 Å². The average molecular weight is 332 g/mol. The number of hydrogen-bond acceptors (Lipinski definition) is 2. The molecule has 4 nitrogen and oxygen atoms in total. The Balaban J connectivity index is 1.71. The van der Waals surface area contributed by atoms with Crippen LogP contribution in [0.15, 0.2) is 42.5 Å². The monoisotopic (exact) mass is 332 g/mol. The van der Waals surface area contributed by atoms with Gasteiger partial charge in [-0.05, 0) is 48.6 Å². The number of carbonyl (C=O) groups excluding carboxylic acids is 1. The van der Waals surface area contributed by atoms with Crippen molar-refractivity contribution < 1.29 is 18.3 Å². The van der Waals surface area contributed by atoms with E-state index in [1.165, 1.54) is 0 Å². The molecule has 2 aromatic carbocycles. The van der Waals surface area contributed by atoms with Gasteiger partial charge >= 0.3 is 6.03 Å². The molecule has 126 valence electrons. The first-order valence-electron chi connectivity index (χ1n) is 7.73. The van der Waals surface area contributed by atoms with Crippen LogP contribution in [-0.2, 0) is 0 Å². The Bertz CT molecular complexity index is 730. The predicted octanol–water partition coefficient (Wildman–Crippen LogP) is 4.25.